The van der Waals surface area contributed by atoms with Crippen LogP contribution in [0, 0.1) is 6.92 Å². The standard InChI is InChI=1S/C11H18N4O2/c1-3-12-10(16)7-15-5-4-9(6-15)11-13-8(2)14-17-11/h9H,3-7H2,1-2H3,(H,12,16). The molecule has 94 valence electrons. The summed E-state index contributed by atoms with van der Waals surface area (Å²) in [5.74, 6) is 1.71. The van der Waals surface area contributed by atoms with Crippen LogP contribution in [0.15, 0.2) is 4.52 Å². The fourth-order valence-corrected chi connectivity index (χ4v) is 2.11. The maximum absolute atomic E-state index is 11.4. The van der Waals surface area contributed by atoms with Gasteiger partial charge in [0.1, 0.15) is 0 Å². The Morgan fingerprint density at radius 1 is 1.65 bits per heavy atom. The maximum atomic E-state index is 11.4. The molecule has 1 aliphatic rings. The van der Waals surface area contributed by atoms with Crippen molar-refractivity contribution in [1.29, 1.82) is 0 Å². The molecule has 2 heterocycles. The maximum Gasteiger partial charge on any atom is 0.234 e. The quantitative estimate of drug-likeness (QED) is 0.817. The molecule has 0 saturated carbocycles. The van der Waals surface area contributed by atoms with Crippen LogP contribution < -0.4 is 5.32 Å². The van der Waals surface area contributed by atoms with Gasteiger partial charge in [0.15, 0.2) is 5.82 Å². The van der Waals surface area contributed by atoms with Crippen LogP contribution in [0.4, 0.5) is 0 Å². The Morgan fingerprint density at radius 3 is 3.12 bits per heavy atom. The first-order chi connectivity index (χ1) is 8.19. The van der Waals surface area contributed by atoms with Gasteiger partial charge in [-0.1, -0.05) is 5.16 Å². The van der Waals surface area contributed by atoms with Gasteiger partial charge in [0.05, 0.1) is 12.5 Å². The number of carbonyl (C=O) groups excluding carboxylic acids is 1. The minimum atomic E-state index is 0.0786. The van der Waals surface area contributed by atoms with Gasteiger partial charge in [0.25, 0.3) is 0 Å². The lowest BCUT2D eigenvalue weighted by atomic mass is 10.1. The van der Waals surface area contributed by atoms with Gasteiger partial charge in [-0.2, -0.15) is 4.98 Å². The molecule has 1 N–H and O–H groups in total. The van der Waals surface area contributed by atoms with E-state index in [1.807, 2.05) is 13.8 Å². The van der Waals surface area contributed by atoms with Crippen molar-refractivity contribution in [2.45, 2.75) is 26.2 Å². The minimum Gasteiger partial charge on any atom is -0.355 e. The average Bonchev–Trinajstić information content (AvgIpc) is 2.87. The molecule has 0 aromatic carbocycles. The van der Waals surface area contributed by atoms with E-state index in [1.54, 1.807) is 0 Å². The van der Waals surface area contributed by atoms with Crippen molar-refractivity contribution in [3.8, 4) is 0 Å². The number of carbonyl (C=O) groups is 1. The fourth-order valence-electron chi connectivity index (χ4n) is 2.11. The lowest BCUT2D eigenvalue weighted by Crippen LogP contribution is -2.35. The Kier molecular flexibility index (Phi) is 3.73. The van der Waals surface area contributed by atoms with E-state index in [9.17, 15) is 4.79 Å². The van der Waals surface area contributed by atoms with Crippen molar-refractivity contribution in [2.75, 3.05) is 26.2 Å². The third-order valence-corrected chi connectivity index (χ3v) is 2.91. The van der Waals surface area contributed by atoms with Crippen LogP contribution >= 0.6 is 0 Å². The van der Waals surface area contributed by atoms with E-state index in [-0.39, 0.29) is 11.8 Å². The smallest absolute Gasteiger partial charge is 0.234 e. The second-order valence-corrected chi connectivity index (χ2v) is 4.35. The molecule has 1 fully saturated rings. The predicted molar refractivity (Wildman–Crippen MR) is 61.5 cm³/mol. The third-order valence-electron chi connectivity index (χ3n) is 2.91. The van der Waals surface area contributed by atoms with E-state index >= 15 is 0 Å². The highest BCUT2D eigenvalue weighted by Crippen LogP contribution is 2.25. The second kappa shape index (κ2) is 5.27. The van der Waals surface area contributed by atoms with Gasteiger partial charge in [-0.15, -0.1) is 0 Å². The van der Waals surface area contributed by atoms with E-state index in [1.165, 1.54) is 0 Å². The third kappa shape index (κ3) is 3.03. The highest BCUT2D eigenvalue weighted by Gasteiger charge is 2.28. The van der Waals surface area contributed by atoms with Crippen LogP contribution in [0.2, 0.25) is 0 Å². The summed E-state index contributed by atoms with van der Waals surface area (Å²) in [7, 11) is 0. The second-order valence-electron chi connectivity index (χ2n) is 4.35. The molecule has 6 nitrogen and oxygen atoms in total. The predicted octanol–water partition coefficient (Wildman–Crippen LogP) is 0.303. The molecule has 6 heteroatoms. The summed E-state index contributed by atoms with van der Waals surface area (Å²) in [5, 5.41) is 6.59. The van der Waals surface area contributed by atoms with Crippen LogP contribution in [0.1, 0.15) is 31.0 Å². The first-order valence-electron chi connectivity index (χ1n) is 5.98. The molecule has 0 aliphatic carbocycles. The normalized spacial score (nSPS) is 20.7. The molecule has 2 rings (SSSR count). The Labute approximate surface area is 100 Å². The number of likely N-dealkylation sites (tertiary alicyclic amines) is 1. The topological polar surface area (TPSA) is 71.3 Å². The van der Waals surface area contributed by atoms with Crippen molar-refractivity contribution in [2.24, 2.45) is 0 Å². The number of rotatable bonds is 4. The van der Waals surface area contributed by atoms with Crippen molar-refractivity contribution >= 4 is 5.91 Å². The van der Waals surface area contributed by atoms with E-state index in [4.69, 9.17) is 4.52 Å². The Hall–Kier alpha value is -1.43. The van der Waals surface area contributed by atoms with Crippen molar-refractivity contribution in [1.82, 2.24) is 20.4 Å². The monoisotopic (exact) mass is 238 g/mol. The van der Waals surface area contributed by atoms with Gasteiger partial charge in [-0.3, -0.25) is 9.69 Å². The molecule has 1 aliphatic heterocycles. The van der Waals surface area contributed by atoms with Gasteiger partial charge >= 0.3 is 0 Å². The van der Waals surface area contributed by atoms with E-state index in [0.29, 0.717) is 24.8 Å². The lowest BCUT2D eigenvalue weighted by Gasteiger charge is -2.14. The van der Waals surface area contributed by atoms with Gasteiger partial charge < -0.3 is 9.84 Å². The fraction of sp³-hybridized carbons (Fsp3) is 0.727. The molecule has 17 heavy (non-hydrogen) atoms. The summed E-state index contributed by atoms with van der Waals surface area (Å²) >= 11 is 0. The minimum absolute atomic E-state index is 0.0786. The zero-order chi connectivity index (χ0) is 12.3. The van der Waals surface area contributed by atoms with E-state index in [2.05, 4.69) is 20.4 Å². The summed E-state index contributed by atoms with van der Waals surface area (Å²) in [6.45, 7) is 6.60. The number of amides is 1. The highest BCUT2D eigenvalue weighted by atomic mass is 16.5. The number of aromatic nitrogens is 2. The molecule has 1 unspecified atom stereocenters. The SMILES string of the molecule is CCNC(=O)CN1CCC(c2nc(C)no2)C1. The van der Waals surface area contributed by atoms with Crippen LogP contribution in [-0.2, 0) is 4.79 Å². The molecule has 1 saturated heterocycles. The Bertz CT molecular complexity index is 391. The summed E-state index contributed by atoms with van der Waals surface area (Å²) in [5.41, 5.74) is 0. The van der Waals surface area contributed by atoms with Gasteiger partial charge in [-0.05, 0) is 26.8 Å². The number of hydrogen-bond donors (Lipinski definition) is 1. The largest absolute Gasteiger partial charge is 0.355 e. The number of aryl methyl sites for hydroxylation is 1. The van der Waals surface area contributed by atoms with Gasteiger partial charge in [0.2, 0.25) is 11.8 Å². The van der Waals surface area contributed by atoms with Gasteiger partial charge in [-0.25, -0.2) is 0 Å². The molecule has 0 radical (unpaired) electrons. The first kappa shape index (κ1) is 12.0. The Balaban J connectivity index is 1.85. The zero-order valence-corrected chi connectivity index (χ0v) is 10.3. The number of nitrogens with zero attached hydrogens (tertiary/aromatic N) is 3. The summed E-state index contributed by atoms with van der Waals surface area (Å²) in [6, 6.07) is 0. The number of nitrogens with one attached hydrogen (secondary N) is 1. The van der Waals surface area contributed by atoms with Crippen molar-refractivity contribution in [3.63, 3.8) is 0 Å². The van der Waals surface area contributed by atoms with Crippen LogP contribution in [-0.4, -0.2) is 47.1 Å². The molecule has 1 aromatic rings. The molecule has 0 spiro atoms. The number of likely N-dealkylation sites (N-methyl/N-ethyl adjacent to an activating group) is 1. The Morgan fingerprint density at radius 2 is 2.47 bits per heavy atom. The molecular formula is C11H18N4O2. The summed E-state index contributed by atoms with van der Waals surface area (Å²) < 4.78 is 5.16. The summed E-state index contributed by atoms with van der Waals surface area (Å²) in [6.07, 6.45) is 0.973. The molecule has 0 bridgehead atoms. The first-order valence-corrected chi connectivity index (χ1v) is 5.98. The van der Waals surface area contributed by atoms with Crippen LogP contribution in [0.5, 0.6) is 0 Å². The molecular weight excluding hydrogens is 220 g/mol. The summed E-state index contributed by atoms with van der Waals surface area (Å²) in [4.78, 5) is 17.8. The van der Waals surface area contributed by atoms with Gasteiger partial charge in [0, 0.05) is 13.1 Å². The van der Waals surface area contributed by atoms with Crippen LogP contribution in [0.25, 0.3) is 0 Å². The lowest BCUT2D eigenvalue weighted by molar-refractivity contribution is -0.121. The average molecular weight is 238 g/mol. The van der Waals surface area contributed by atoms with E-state index < -0.39 is 0 Å². The molecule has 1 aromatic heterocycles. The number of hydrogen-bond acceptors (Lipinski definition) is 5. The zero-order valence-electron chi connectivity index (χ0n) is 10.3. The van der Waals surface area contributed by atoms with Crippen molar-refractivity contribution < 1.29 is 9.32 Å². The molecule has 1 amide bonds. The molecule has 1 atom stereocenters. The highest BCUT2D eigenvalue weighted by molar-refractivity contribution is 5.77. The van der Waals surface area contributed by atoms with E-state index in [0.717, 1.165) is 19.5 Å². The van der Waals surface area contributed by atoms with Crippen LogP contribution in [0.3, 0.4) is 0 Å². The van der Waals surface area contributed by atoms with Crippen molar-refractivity contribution in [3.05, 3.63) is 11.7 Å².